The molecule has 0 aliphatic carbocycles. The summed E-state index contributed by atoms with van der Waals surface area (Å²) in [5.41, 5.74) is 1.10. The summed E-state index contributed by atoms with van der Waals surface area (Å²) in [5.74, 6) is 0.244. The van der Waals surface area contributed by atoms with E-state index < -0.39 is 4.92 Å². The van der Waals surface area contributed by atoms with Crippen molar-refractivity contribution >= 4 is 17.3 Å². The predicted molar refractivity (Wildman–Crippen MR) is 52.1 cm³/mol. The van der Waals surface area contributed by atoms with E-state index in [0.29, 0.717) is 11.1 Å². The molecule has 0 saturated carbocycles. The SMILES string of the molecule is Cc1cc(CCl)cc(C#N)c1[N+](=O)[O-]. The second kappa shape index (κ2) is 4.07. The first-order chi connectivity index (χ1) is 6.60. The quantitative estimate of drug-likeness (QED) is 0.428. The molecular formula is C9H7ClN2O2. The molecular weight excluding hydrogens is 204 g/mol. The van der Waals surface area contributed by atoms with Crippen LogP contribution in [0.2, 0.25) is 0 Å². The van der Waals surface area contributed by atoms with Crippen LogP contribution in [-0.4, -0.2) is 4.92 Å². The fourth-order valence-corrected chi connectivity index (χ4v) is 1.41. The fourth-order valence-electron chi connectivity index (χ4n) is 1.26. The lowest BCUT2D eigenvalue weighted by Crippen LogP contribution is -1.97. The van der Waals surface area contributed by atoms with Crippen molar-refractivity contribution in [2.75, 3.05) is 0 Å². The molecule has 0 amide bonds. The number of hydrogen-bond acceptors (Lipinski definition) is 3. The molecule has 0 radical (unpaired) electrons. The van der Waals surface area contributed by atoms with Gasteiger partial charge in [-0.1, -0.05) is 0 Å². The monoisotopic (exact) mass is 210 g/mol. The molecule has 0 unspecified atom stereocenters. The molecule has 0 fully saturated rings. The average molecular weight is 211 g/mol. The molecule has 1 aromatic rings. The van der Waals surface area contributed by atoms with Gasteiger partial charge in [-0.05, 0) is 24.6 Å². The predicted octanol–water partition coefficient (Wildman–Crippen LogP) is 2.51. The van der Waals surface area contributed by atoms with Gasteiger partial charge in [0, 0.05) is 11.4 Å². The van der Waals surface area contributed by atoms with Gasteiger partial charge in [-0.3, -0.25) is 10.1 Å². The highest BCUT2D eigenvalue weighted by molar-refractivity contribution is 6.17. The molecule has 0 saturated heterocycles. The number of alkyl halides is 1. The number of nitriles is 1. The van der Waals surface area contributed by atoms with Gasteiger partial charge in [0.15, 0.2) is 0 Å². The first kappa shape index (κ1) is 10.5. The summed E-state index contributed by atoms with van der Waals surface area (Å²) < 4.78 is 0. The van der Waals surface area contributed by atoms with Crippen molar-refractivity contribution in [2.24, 2.45) is 0 Å². The maximum absolute atomic E-state index is 10.6. The molecule has 0 bridgehead atoms. The van der Waals surface area contributed by atoms with Crippen molar-refractivity contribution in [3.8, 4) is 6.07 Å². The normalized spacial score (nSPS) is 9.50. The van der Waals surface area contributed by atoms with Crippen LogP contribution in [0.5, 0.6) is 0 Å². The van der Waals surface area contributed by atoms with Gasteiger partial charge in [0.1, 0.15) is 11.6 Å². The summed E-state index contributed by atoms with van der Waals surface area (Å²) in [5, 5.41) is 19.3. The lowest BCUT2D eigenvalue weighted by atomic mass is 10.1. The van der Waals surface area contributed by atoms with Crippen LogP contribution in [0.15, 0.2) is 12.1 Å². The van der Waals surface area contributed by atoms with Crippen molar-refractivity contribution < 1.29 is 4.92 Å². The van der Waals surface area contributed by atoms with Gasteiger partial charge in [0.2, 0.25) is 0 Å². The number of benzene rings is 1. The molecule has 72 valence electrons. The van der Waals surface area contributed by atoms with E-state index in [1.165, 1.54) is 6.07 Å². The van der Waals surface area contributed by atoms with Gasteiger partial charge < -0.3 is 0 Å². The van der Waals surface area contributed by atoms with Gasteiger partial charge in [0.05, 0.1) is 4.92 Å². The van der Waals surface area contributed by atoms with E-state index in [-0.39, 0.29) is 17.1 Å². The zero-order valence-corrected chi connectivity index (χ0v) is 8.21. The largest absolute Gasteiger partial charge is 0.289 e. The van der Waals surface area contributed by atoms with Gasteiger partial charge in [-0.25, -0.2) is 0 Å². The molecule has 1 aromatic carbocycles. The van der Waals surface area contributed by atoms with Crippen LogP contribution in [0.1, 0.15) is 16.7 Å². The Balaban J connectivity index is 3.44. The van der Waals surface area contributed by atoms with E-state index in [2.05, 4.69) is 0 Å². The smallest absolute Gasteiger partial charge is 0.258 e. The number of nitro groups is 1. The van der Waals surface area contributed by atoms with Crippen LogP contribution < -0.4 is 0 Å². The van der Waals surface area contributed by atoms with Crippen molar-refractivity contribution in [2.45, 2.75) is 12.8 Å². The molecule has 0 aliphatic rings. The zero-order chi connectivity index (χ0) is 10.7. The molecule has 14 heavy (non-hydrogen) atoms. The highest BCUT2D eigenvalue weighted by Crippen LogP contribution is 2.25. The minimum atomic E-state index is -0.550. The van der Waals surface area contributed by atoms with E-state index in [0.717, 1.165) is 0 Å². The van der Waals surface area contributed by atoms with Crippen molar-refractivity contribution in [3.05, 3.63) is 38.9 Å². The van der Waals surface area contributed by atoms with Gasteiger partial charge in [-0.15, -0.1) is 11.6 Å². The van der Waals surface area contributed by atoms with Crippen LogP contribution >= 0.6 is 11.6 Å². The van der Waals surface area contributed by atoms with Crippen molar-refractivity contribution in [1.82, 2.24) is 0 Å². The molecule has 0 aliphatic heterocycles. The topological polar surface area (TPSA) is 66.9 Å². The van der Waals surface area contributed by atoms with Crippen LogP contribution in [0.3, 0.4) is 0 Å². The Morgan fingerprint density at radius 3 is 2.71 bits per heavy atom. The van der Waals surface area contributed by atoms with Crippen LogP contribution in [0.4, 0.5) is 5.69 Å². The Morgan fingerprint density at radius 1 is 1.64 bits per heavy atom. The highest BCUT2D eigenvalue weighted by Gasteiger charge is 2.17. The second-order valence-electron chi connectivity index (χ2n) is 2.81. The van der Waals surface area contributed by atoms with Crippen LogP contribution in [0.25, 0.3) is 0 Å². The Morgan fingerprint density at radius 2 is 2.29 bits per heavy atom. The summed E-state index contributed by atoms with van der Waals surface area (Å²) in [6.45, 7) is 1.59. The molecule has 5 heteroatoms. The Hall–Kier alpha value is -1.60. The molecule has 0 aromatic heterocycles. The van der Waals surface area contributed by atoms with Crippen LogP contribution in [-0.2, 0) is 5.88 Å². The lowest BCUT2D eigenvalue weighted by Gasteiger charge is -2.01. The Bertz CT molecular complexity index is 424. The maximum atomic E-state index is 10.6. The van der Waals surface area contributed by atoms with Crippen LogP contribution in [0, 0.1) is 28.4 Å². The Labute approximate surface area is 85.9 Å². The standard InChI is InChI=1S/C9H7ClN2O2/c1-6-2-7(4-10)3-8(5-11)9(6)12(13)14/h2-3H,4H2,1H3. The minimum absolute atomic E-state index is 0.0608. The van der Waals surface area contributed by atoms with Gasteiger partial charge in [0.25, 0.3) is 5.69 Å². The second-order valence-corrected chi connectivity index (χ2v) is 3.08. The summed E-state index contributed by atoms with van der Waals surface area (Å²) in [6.07, 6.45) is 0. The molecule has 0 spiro atoms. The van der Waals surface area contributed by atoms with Crippen molar-refractivity contribution in [3.63, 3.8) is 0 Å². The number of halogens is 1. The minimum Gasteiger partial charge on any atom is -0.258 e. The summed E-state index contributed by atoms with van der Waals surface area (Å²) in [4.78, 5) is 10.1. The maximum Gasteiger partial charge on any atom is 0.289 e. The summed E-state index contributed by atoms with van der Waals surface area (Å²) >= 11 is 5.58. The van der Waals surface area contributed by atoms with Crippen molar-refractivity contribution in [1.29, 1.82) is 5.26 Å². The average Bonchev–Trinajstić information content (AvgIpc) is 2.15. The molecule has 4 nitrogen and oxygen atoms in total. The molecule has 0 N–H and O–H groups in total. The summed E-state index contributed by atoms with van der Waals surface area (Å²) in [7, 11) is 0. The number of nitro benzene ring substituents is 1. The first-order valence-electron chi connectivity index (χ1n) is 3.84. The van der Waals surface area contributed by atoms with E-state index in [1.807, 2.05) is 0 Å². The third-order valence-corrected chi connectivity index (χ3v) is 2.13. The van der Waals surface area contributed by atoms with E-state index in [4.69, 9.17) is 16.9 Å². The fraction of sp³-hybridized carbons (Fsp3) is 0.222. The highest BCUT2D eigenvalue weighted by atomic mass is 35.5. The van der Waals surface area contributed by atoms with Gasteiger partial charge >= 0.3 is 0 Å². The zero-order valence-electron chi connectivity index (χ0n) is 7.45. The third kappa shape index (κ3) is 1.83. The number of aryl methyl sites for hydroxylation is 1. The lowest BCUT2D eigenvalue weighted by molar-refractivity contribution is -0.385. The molecule has 0 atom stereocenters. The van der Waals surface area contributed by atoms with Gasteiger partial charge in [-0.2, -0.15) is 5.26 Å². The summed E-state index contributed by atoms with van der Waals surface area (Å²) in [6, 6.07) is 4.85. The molecule has 1 rings (SSSR count). The number of hydrogen-bond donors (Lipinski definition) is 0. The number of rotatable bonds is 2. The molecule has 0 heterocycles. The number of nitrogens with zero attached hydrogens (tertiary/aromatic N) is 2. The Kier molecular flexibility index (Phi) is 3.05. The van der Waals surface area contributed by atoms with E-state index in [1.54, 1.807) is 19.1 Å². The van der Waals surface area contributed by atoms with E-state index in [9.17, 15) is 10.1 Å². The van der Waals surface area contributed by atoms with E-state index >= 15 is 0 Å². The third-order valence-electron chi connectivity index (χ3n) is 1.82. The first-order valence-corrected chi connectivity index (χ1v) is 4.37.